The molecule has 1 aliphatic carbocycles. The van der Waals surface area contributed by atoms with Gasteiger partial charge in [-0.1, -0.05) is 6.92 Å². The lowest BCUT2D eigenvalue weighted by atomic mass is 9.77. The molecule has 2 fully saturated rings. The van der Waals surface area contributed by atoms with Crippen molar-refractivity contribution in [1.29, 1.82) is 0 Å². The number of likely N-dealkylation sites (tertiary alicyclic amines) is 1. The van der Waals surface area contributed by atoms with Crippen LogP contribution in [0.3, 0.4) is 0 Å². The van der Waals surface area contributed by atoms with Crippen molar-refractivity contribution in [2.24, 2.45) is 11.8 Å². The maximum atomic E-state index is 12.9. The van der Waals surface area contributed by atoms with Gasteiger partial charge in [0.15, 0.2) is 0 Å². The van der Waals surface area contributed by atoms with E-state index in [1.54, 1.807) is 17.9 Å². The highest BCUT2D eigenvalue weighted by molar-refractivity contribution is 6.39. The van der Waals surface area contributed by atoms with Crippen molar-refractivity contribution in [2.45, 2.75) is 64.5 Å². The molecule has 1 unspecified atom stereocenters. The highest BCUT2D eigenvalue weighted by Gasteiger charge is 2.38. The minimum absolute atomic E-state index is 0.0817. The Morgan fingerprint density at radius 1 is 1.22 bits per heavy atom. The van der Waals surface area contributed by atoms with E-state index in [0.29, 0.717) is 29.9 Å². The molecule has 2 amide bonds. The average molecular weight is 374 g/mol. The Morgan fingerprint density at radius 2 is 1.93 bits per heavy atom. The molecule has 1 saturated carbocycles. The molecular formula is C20H30N4O3. The van der Waals surface area contributed by atoms with Crippen LogP contribution in [0.25, 0.3) is 0 Å². The number of piperidine rings is 1. The molecule has 2 heterocycles. The van der Waals surface area contributed by atoms with E-state index in [4.69, 9.17) is 5.73 Å². The predicted octanol–water partition coefficient (Wildman–Crippen LogP) is 2.09. The Labute approximate surface area is 160 Å². The van der Waals surface area contributed by atoms with Crippen molar-refractivity contribution in [1.82, 2.24) is 9.88 Å². The normalized spacial score (nSPS) is 28.6. The van der Waals surface area contributed by atoms with Crippen molar-refractivity contribution in [2.75, 3.05) is 17.6 Å². The SMILES string of the molecule is Cc1cc(NC(=O)C(=O)N2C[C@@H](C)CCC2C2CCC(O)CC2)cnc1N. The molecule has 1 aliphatic heterocycles. The van der Waals surface area contributed by atoms with Crippen LogP contribution in [0.2, 0.25) is 0 Å². The standard InChI is InChI=1S/C20H30N4O3/c1-12-3-8-17(14-4-6-16(25)7-5-14)24(11-12)20(27)19(26)23-15-9-13(2)18(21)22-10-15/h9-10,12,14,16-17,25H,3-8,11H2,1-2H3,(H2,21,22)(H,23,26)/t12-,14?,16?,17?/m0/s1. The summed E-state index contributed by atoms with van der Waals surface area (Å²) in [5.41, 5.74) is 6.93. The van der Waals surface area contributed by atoms with Crippen LogP contribution in [-0.4, -0.2) is 45.5 Å². The Bertz CT molecular complexity index is 700. The van der Waals surface area contributed by atoms with Gasteiger partial charge >= 0.3 is 11.8 Å². The van der Waals surface area contributed by atoms with Crippen LogP contribution < -0.4 is 11.1 Å². The summed E-state index contributed by atoms with van der Waals surface area (Å²) in [6.07, 6.45) is 6.60. The molecule has 1 aromatic rings. The van der Waals surface area contributed by atoms with Crippen LogP contribution in [0.1, 0.15) is 51.0 Å². The van der Waals surface area contributed by atoms with Crippen LogP contribution in [0.15, 0.2) is 12.3 Å². The van der Waals surface area contributed by atoms with Crippen molar-refractivity contribution >= 4 is 23.3 Å². The molecule has 0 bridgehead atoms. The second-order valence-corrected chi connectivity index (χ2v) is 8.16. The molecule has 3 rings (SSSR count). The average Bonchev–Trinajstić information content (AvgIpc) is 2.65. The van der Waals surface area contributed by atoms with Crippen LogP contribution >= 0.6 is 0 Å². The summed E-state index contributed by atoms with van der Waals surface area (Å²) in [6, 6.07) is 1.80. The highest BCUT2D eigenvalue weighted by Crippen LogP contribution is 2.35. The Balaban J connectivity index is 1.70. The van der Waals surface area contributed by atoms with Gasteiger partial charge in [-0.05, 0) is 68.9 Å². The molecule has 7 heteroatoms. The number of nitrogens with one attached hydrogen (secondary N) is 1. The molecule has 4 N–H and O–H groups in total. The number of aliphatic hydroxyl groups is 1. The van der Waals surface area contributed by atoms with Gasteiger partial charge in [0.1, 0.15) is 5.82 Å². The molecule has 7 nitrogen and oxygen atoms in total. The number of rotatable bonds is 2. The lowest BCUT2D eigenvalue weighted by Gasteiger charge is -2.44. The summed E-state index contributed by atoms with van der Waals surface area (Å²) < 4.78 is 0. The van der Waals surface area contributed by atoms with Crippen LogP contribution in [0, 0.1) is 18.8 Å². The number of carbonyl (C=O) groups is 2. The third-order valence-electron chi connectivity index (χ3n) is 5.98. The van der Waals surface area contributed by atoms with Crippen LogP contribution in [0.5, 0.6) is 0 Å². The first-order valence-electron chi connectivity index (χ1n) is 9.87. The number of pyridine rings is 1. The molecule has 2 aliphatic rings. The van der Waals surface area contributed by atoms with Gasteiger partial charge in [-0.2, -0.15) is 0 Å². The van der Waals surface area contributed by atoms with Crippen molar-refractivity contribution in [3.8, 4) is 0 Å². The monoisotopic (exact) mass is 374 g/mol. The molecule has 148 valence electrons. The van der Waals surface area contributed by atoms with Gasteiger partial charge in [0, 0.05) is 12.6 Å². The number of hydrogen-bond donors (Lipinski definition) is 3. The largest absolute Gasteiger partial charge is 0.393 e. The molecule has 0 aromatic carbocycles. The molecule has 0 spiro atoms. The molecule has 1 aromatic heterocycles. The Kier molecular flexibility index (Phi) is 5.99. The maximum Gasteiger partial charge on any atom is 0.313 e. The number of hydrogen-bond acceptors (Lipinski definition) is 5. The van der Waals surface area contributed by atoms with Crippen molar-refractivity contribution in [3.05, 3.63) is 17.8 Å². The zero-order valence-corrected chi connectivity index (χ0v) is 16.1. The van der Waals surface area contributed by atoms with E-state index in [-0.39, 0.29) is 12.1 Å². The topological polar surface area (TPSA) is 109 Å². The lowest BCUT2D eigenvalue weighted by Crippen LogP contribution is -2.53. The fraction of sp³-hybridized carbons (Fsp3) is 0.650. The smallest absolute Gasteiger partial charge is 0.313 e. The number of nitrogen functional groups attached to an aromatic ring is 1. The third kappa shape index (κ3) is 4.58. The number of nitrogens with two attached hydrogens (primary N) is 1. The van der Waals surface area contributed by atoms with E-state index in [9.17, 15) is 14.7 Å². The zero-order chi connectivity index (χ0) is 19.6. The van der Waals surface area contributed by atoms with E-state index >= 15 is 0 Å². The summed E-state index contributed by atoms with van der Waals surface area (Å²) in [5, 5.41) is 12.4. The number of anilines is 2. The van der Waals surface area contributed by atoms with Gasteiger partial charge in [-0.3, -0.25) is 9.59 Å². The Hall–Kier alpha value is -2.15. The first-order chi connectivity index (χ1) is 12.8. The zero-order valence-electron chi connectivity index (χ0n) is 16.1. The number of amides is 2. The molecule has 1 saturated heterocycles. The molecule has 27 heavy (non-hydrogen) atoms. The third-order valence-corrected chi connectivity index (χ3v) is 5.98. The number of aryl methyl sites for hydroxylation is 1. The number of nitrogens with zero attached hydrogens (tertiary/aromatic N) is 2. The predicted molar refractivity (Wildman–Crippen MR) is 104 cm³/mol. The molecule has 2 atom stereocenters. The van der Waals surface area contributed by atoms with E-state index < -0.39 is 11.8 Å². The van der Waals surface area contributed by atoms with E-state index in [1.807, 2.05) is 0 Å². The second kappa shape index (κ2) is 8.25. The number of carbonyl (C=O) groups excluding carboxylic acids is 2. The summed E-state index contributed by atoms with van der Waals surface area (Å²) in [4.78, 5) is 31.3. The minimum Gasteiger partial charge on any atom is -0.393 e. The van der Waals surface area contributed by atoms with Gasteiger partial charge in [0.25, 0.3) is 0 Å². The van der Waals surface area contributed by atoms with Gasteiger partial charge in [-0.25, -0.2) is 4.98 Å². The maximum absolute atomic E-state index is 12.9. The summed E-state index contributed by atoms with van der Waals surface area (Å²) >= 11 is 0. The van der Waals surface area contributed by atoms with E-state index in [1.165, 1.54) is 6.20 Å². The first-order valence-corrected chi connectivity index (χ1v) is 9.87. The van der Waals surface area contributed by atoms with E-state index in [2.05, 4.69) is 17.2 Å². The molecule has 0 radical (unpaired) electrons. The number of aromatic nitrogens is 1. The highest BCUT2D eigenvalue weighted by atomic mass is 16.3. The van der Waals surface area contributed by atoms with Crippen molar-refractivity contribution < 1.29 is 14.7 Å². The van der Waals surface area contributed by atoms with Crippen LogP contribution in [0.4, 0.5) is 11.5 Å². The quantitative estimate of drug-likeness (QED) is 0.687. The number of aliphatic hydroxyl groups excluding tert-OH is 1. The fourth-order valence-electron chi connectivity index (χ4n) is 4.35. The summed E-state index contributed by atoms with van der Waals surface area (Å²) in [5.74, 6) is 0.0393. The summed E-state index contributed by atoms with van der Waals surface area (Å²) in [7, 11) is 0. The lowest BCUT2D eigenvalue weighted by molar-refractivity contribution is -0.148. The summed E-state index contributed by atoms with van der Waals surface area (Å²) in [6.45, 7) is 4.53. The Morgan fingerprint density at radius 3 is 2.59 bits per heavy atom. The first kappa shape index (κ1) is 19.6. The van der Waals surface area contributed by atoms with E-state index in [0.717, 1.165) is 44.1 Å². The van der Waals surface area contributed by atoms with Gasteiger partial charge in [0.2, 0.25) is 0 Å². The van der Waals surface area contributed by atoms with Gasteiger partial charge < -0.3 is 21.1 Å². The van der Waals surface area contributed by atoms with Gasteiger partial charge in [0.05, 0.1) is 18.0 Å². The minimum atomic E-state index is -0.629. The molecular weight excluding hydrogens is 344 g/mol. The van der Waals surface area contributed by atoms with Gasteiger partial charge in [-0.15, -0.1) is 0 Å². The van der Waals surface area contributed by atoms with Crippen LogP contribution in [-0.2, 0) is 9.59 Å². The second-order valence-electron chi connectivity index (χ2n) is 8.16. The fourth-order valence-corrected chi connectivity index (χ4v) is 4.35. The van der Waals surface area contributed by atoms with Crippen molar-refractivity contribution in [3.63, 3.8) is 0 Å².